The summed E-state index contributed by atoms with van der Waals surface area (Å²) in [6.07, 6.45) is 3.64. The number of rotatable bonds is 3. The van der Waals surface area contributed by atoms with Crippen molar-refractivity contribution in [1.29, 1.82) is 0 Å². The molecule has 5 heteroatoms. The van der Waals surface area contributed by atoms with Crippen LogP contribution < -0.4 is 10.6 Å². The topological polar surface area (TPSA) is 59.1 Å². The quantitative estimate of drug-likeness (QED) is 0.806. The van der Waals surface area contributed by atoms with Crippen LogP contribution >= 0.6 is 0 Å². The molecule has 0 spiro atoms. The van der Waals surface area contributed by atoms with Gasteiger partial charge >= 0.3 is 0 Å². The molecule has 2 aliphatic rings. The van der Waals surface area contributed by atoms with E-state index in [1.165, 1.54) is 12.0 Å². The molecule has 1 aromatic rings. The lowest BCUT2D eigenvalue weighted by molar-refractivity contribution is 0.120. The summed E-state index contributed by atoms with van der Waals surface area (Å²) in [7, 11) is 0. The smallest absolute Gasteiger partial charge is 0.149 e. The summed E-state index contributed by atoms with van der Waals surface area (Å²) in [5.41, 5.74) is 2.40. The van der Waals surface area contributed by atoms with Gasteiger partial charge in [0.25, 0.3) is 0 Å². The Labute approximate surface area is 101 Å². The minimum Gasteiger partial charge on any atom is -0.376 e. The second kappa shape index (κ2) is 4.98. The van der Waals surface area contributed by atoms with E-state index in [4.69, 9.17) is 4.74 Å². The molecule has 3 rings (SSSR count). The highest BCUT2D eigenvalue weighted by molar-refractivity contribution is 5.39. The molecule has 2 N–H and O–H groups in total. The fraction of sp³-hybridized carbons (Fsp3) is 0.667. The Morgan fingerprint density at radius 2 is 2.47 bits per heavy atom. The van der Waals surface area contributed by atoms with Gasteiger partial charge < -0.3 is 15.4 Å². The van der Waals surface area contributed by atoms with E-state index < -0.39 is 0 Å². The molecule has 17 heavy (non-hydrogen) atoms. The summed E-state index contributed by atoms with van der Waals surface area (Å²) in [5, 5.41) is 15.1. The molecule has 3 heterocycles. The van der Waals surface area contributed by atoms with E-state index in [1.54, 1.807) is 0 Å². The van der Waals surface area contributed by atoms with Crippen molar-refractivity contribution in [1.82, 2.24) is 15.5 Å². The Kier molecular flexibility index (Phi) is 3.20. The zero-order valence-corrected chi connectivity index (χ0v) is 9.91. The number of hydrogen-bond donors (Lipinski definition) is 2. The van der Waals surface area contributed by atoms with Gasteiger partial charge in [0.05, 0.1) is 11.8 Å². The second-order valence-electron chi connectivity index (χ2n) is 4.64. The van der Waals surface area contributed by atoms with E-state index in [2.05, 4.69) is 26.9 Å². The SMILES string of the molecule is c1c(NCC2CCCO2)nnc2c1CNCC2. The third kappa shape index (κ3) is 2.56. The maximum absolute atomic E-state index is 5.56. The summed E-state index contributed by atoms with van der Waals surface area (Å²) >= 11 is 0. The Hall–Kier alpha value is -1.20. The number of ether oxygens (including phenoxy) is 1. The van der Waals surface area contributed by atoms with Crippen molar-refractivity contribution in [3.05, 3.63) is 17.3 Å². The number of nitrogens with zero attached hydrogens (tertiary/aromatic N) is 2. The number of aromatic nitrogens is 2. The van der Waals surface area contributed by atoms with Crippen LogP contribution in [0.1, 0.15) is 24.1 Å². The minimum absolute atomic E-state index is 0.339. The van der Waals surface area contributed by atoms with Crippen LogP contribution in [0.25, 0.3) is 0 Å². The maximum Gasteiger partial charge on any atom is 0.149 e. The third-order valence-electron chi connectivity index (χ3n) is 3.35. The fourth-order valence-corrected chi connectivity index (χ4v) is 2.36. The molecule has 0 amide bonds. The van der Waals surface area contributed by atoms with Crippen LogP contribution in [0.5, 0.6) is 0 Å². The number of anilines is 1. The van der Waals surface area contributed by atoms with Crippen LogP contribution in [0, 0.1) is 0 Å². The molecule has 0 radical (unpaired) electrons. The van der Waals surface area contributed by atoms with Gasteiger partial charge in [-0.2, -0.15) is 5.10 Å². The molecule has 1 fully saturated rings. The number of hydrogen-bond acceptors (Lipinski definition) is 5. The standard InChI is InChI=1S/C12H18N4O/c1-2-10(17-5-1)8-14-12-6-9-7-13-4-3-11(9)15-16-12/h6,10,13H,1-5,7-8H2,(H,14,16). The predicted molar refractivity (Wildman–Crippen MR) is 64.9 cm³/mol. The first-order valence-corrected chi connectivity index (χ1v) is 6.33. The van der Waals surface area contributed by atoms with Gasteiger partial charge in [0, 0.05) is 32.7 Å². The molecule has 1 atom stereocenters. The van der Waals surface area contributed by atoms with E-state index in [0.29, 0.717) is 6.10 Å². The van der Waals surface area contributed by atoms with Gasteiger partial charge in [0.1, 0.15) is 5.82 Å². The van der Waals surface area contributed by atoms with Gasteiger partial charge in [-0.1, -0.05) is 0 Å². The van der Waals surface area contributed by atoms with Crippen molar-refractivity contribution in [3.63, 3.8) is 0 Å². The molecule has 92 valence electrons. The average Bonchev–Trinajstić information content (AvgIpc) is 2.89. The van der Waals surface area contributed by atoms with Crippen molar-refractivity contribution in [2.75, 3.05) is 25.0 Å². The van der Waals surface area contributed by atoms with Gasteiger partial charge in [0.2, 0.25) is 0 Å². The third-order valence-corrected chi connectivity index (χ3v) is 3.35. The Balaban J connectivity index is 1.62. The highest BCUT2D eigenvalue weighted by Gasteiger charge is 2.16. The monoisotopic (exact) mass is 234 g/mol. The highest BCUT2D eigenvalue weighted by atomic mass is 16.5. The van der Waals surface area contributed by atoms with Crippen LogP contribution in [0.15, 0.2) is 6.07 Å². The lowest BCUT2D eigenvalue weighted by Gasteiger charge is -2.17. The van der Waals surface area contributed by atoms with Gasteiger partial charge in [-0.25, -0.2) is 0 Å². The summed E-state index contributed by atoms with van der Waals surface area (Å²) in [5.74, 6) is 0.864. The van der Waals surface area contributed by atoms with Crippen LogP contribution in [0.2, 0.25) is 0 Å². The molecule has 2 aliphatic heterocycles. The normalized spacial score (nSPS) is 23.4. The van der Waals surface area contributed by atoms with Gasteiger partial charge in [0.15, 0.2) is 0 Å². The van der Waals surface area contributed by atoms with Crippen LogP contribution in [-0.2, 0) is 17.7 Å². The molecule has 5 nitrogen and oxygen atoms in total. The molecule has 1 saturated heterocycles. The molecule has 0 aromatic carbocycles. The maximum atomic E-state index is 5.56. The second-order valence-corrected chi connectivity index (χ2v) is 4.64. The first-order chi connectivity index (χ1) is 8.42. The van der Waals surface area contributed by atoms with Crippen LogP contribution in [-0.4, -0.2) is 36.0 Å². The molecular formula is C12H18N4O. The van der Waals surface area contributed by atoms with Crippen molar-refractivity contribution < 1.29 is 4.74 Å². The van der Waals surface area contributed by atoms with Crippen molar-refractivity contribution >= 4 is 5.82 Å². The predicted octanol–water partition coefficient (Wildman–Crippen LogP) is 0.713. The summed E-state index contributed by atoms with van der Waals surface area (Å²) in [6.45, 7) is 3.64. The van der Waals surface area contributed by atoms with Gasteiger partial charge in [-0.3, -0.25) is 0 Å². The van der Waals surface area contributed by atoms with E-state index in [9.17, 15) is 0 Å². The zero-order chi connectivity index (χ0) is 11.5. The van der Waals surface area contributed by atoms with Crippen molar-refractivity contribution in [2.45, 2.75) is 31.9 Å². The fourth-order valence-electron chi connectivity index (χ4n) is 2.36. The van der Waals surface area contributed by atoms with Crippen molar-refractivity contribution in [3.8, 4) is 0 Å². The molecule has 0 aliphatic carbocycles. The number of nitrogens with one attached hydrogen (secondary N) is 2. The van der Waals surface area contributed by atoms with E-state index in [-0.39, 0.29) is 0 Å². The largest absolute Gasteiger partial charge is 0.376 e. The highest BCUT2D eigenvalue weighted by Crippen LogP contribution is 2.16. The van der Waals surface area contributed by atoms with Crippen LogP contribution in [0.4, 0.5) is 5.82 Å². The zero-order valence-electron chi connectivity index (χ0n) is 9.91. The van der Waals surface area contributed by atoms with Crippen molar-refractivity contribution in [2.24, 2.45) is 0 Å². The van der Waals surface area contributed by atoms with E-state index >= 15 is 0 Å². The Morgan fingerprint density at radius 3 is 3.35 bits per heavy atom. The molecule has 0 bridgehead atoms. The number of fused-ring (bicyclic) bond motifs is 1. The average molecular weight is 234 g/mol. The summed E-state index contributed by atoms with van der Waals surface area (Å²) in [4.78, 5) is 0. The summed E-state index contributed by atoms with van der Waals surface area (Å²) in [6, 6.07) is 2.10. The lowest BCUT2D eigenvalue weighted by atomic mass is 10.1. The van der Waals surface area contributed by atoms with E-state index in [1.807, 2.05) is 0 Å². The summed E-state index contributed by atoms with van der Waals surface area (Å²) < 4.78 is 5.56. The first kappa shape index (κ1) is 10.9. The van der Waals surface area contributed by atoms with E-state index in [0.717, 1.165) is 50.6 Å². The molecule has 1 unspecified atom stereocenters. The van der Waals surface area contributed by atoms with Crippen LogP contribution in [0.3, 0.4) is 0 Å². The Morgan fingerprint density at radius 1 is 1.47 bits per heavy atom. The molecule has 0 saturated carbocycles. The van der Waals surface area contributed by atoms with Gasteiger partial charge in [-0.15, -0.1) is 5.10 Å². The molecular weight excluding hydrogens is 216 g/mol. The lowest BCUT2D eigenvalue weighted by Crippen LogP contribution is -2.26. The Bertz CT molecular complexity index is 390. The minimum atomic E-state index is 0.339. The molecule has 1 aromatic heterocycles. The van der Waals surface area contributed by atoms with Gasteiger partial charge in [-0.05, 0) is 24.5 Å². The first-order valence-electron chi connectivity index (χ1n) is 6.33.